The maximum Gasteiger partial charge on any atom is 0.410 e. The lowest BCUT2D eigenvalue weighted by molar-refractivity contribution is 0.00313. The minimum Gasteiger partial charge on any atom is -0.444 e. The van der Waals surface area contributed by atoms with Crippen LogP contribution in [0.2, 0.25) is 0 Å². The molecule has 3 rings (SSSR count). The van der Waals surface area contributed by atoms with E-state index in [0.29, 0.717) is 30.9 Å². The summed E-state index contributed by atoms with van der Waals surface area (Å²) >= 11 is 0. The van der Waals surface area contributed by atoms with Gasteiger partial charge in [-0.3, -0.25) is 4.99 Å². The second-order valence-corrected chi connectivity index (χ2v) is 7.39. The molecular formula is C22H27FN4O3. The number of nitrogens with zero attached hydrogens (tertiary/aromatic N) is 4. The molecule has 1 aromatic carbocycles. The molecule has 1 fully saturated rings. The quantitative estimate of drug-likeness (QED) is 0.663. The zero-order valence-electron chi connectivity index (χ0n) is 17.5. The summed E-state index contributed by atoms with van der Waals surface area (Å²) in [7, 11) is 0. The monoisotopic (exact) mass is 414 g/mol. The van der Waals surface area contributed by atoms with Crippen LogP contribution in [0.3, 0.4) is 0 Å². The number of halogens is 1. The van der Waals surface area contributed by atoms with Crippen molar-refractivity contribution in [1.29, 1.82) is 0 Å². The second kappa shape index (κ2) is 10.2. The van der Waals surface area contributed by atoms with Crippen LogP contribution in [0.1, 0.15) is 43.0 Å². The van der Waals surface area contributed by atoms with Crippen LogP contribution >= 0.6 is 0 Å². The van der Waals surface area contributed by atoms with E-state index in [0.717, 1.165) is 17.7 Å². The number of amides is 1. The fourth-order valence-corrected chi connectivity index (χ4v) is 3.10. The van der Waals surface area contributed by atoms with E-state index < -0.39 is 6.09 Å². The number of hydrogen-bond acceptors (Lipinski definition) is 6. The Labute approximate surface area is 176 Å². The predicted molar refractivity (Wildman–Crippen MR) is 112 cm³/mol. The van der Waals surface area contributed by atoms with Crippen molar-refractivity contribution in [2.24, 2.45) is 4.99 Å². The van der Waals surface area contributed by atoms with E-state index in [-0.39, 0.29) is 24.4 Å². The Morgan fingerprint density at radius 2 is 2.33 bits per heavy atom. The summed E-state index contributed by atoms with van der Waals surface area (Å²) in [5, 5.41) is 0. The summed E-state index contributed by atoms with van der Waals surface area (Å²) in [5.41, 5.74) is 2.75. The lowest BCUT2D eigenvalue weighted by Crippen LogP contribution is -2.46. The van der Waals surface area contributed by atoms with E-state index >= 15 is 0 Å². The Bertz CT molecular complexity index is 906. The number of morpholine rings is 1. The largest absolute Gasteiger partial charge is 0.444 e. The molecular weight excluding hydrogens is 387 g/mol. The Hall–Kier alpha value is -2.87. The molecule has 1 saturated heterocycles. The van der Waals surface area contributed by atoms with E-state index in [1.165, 1.54) is 12.4 Å². The smallest absolute Gasteiger partial charge is 0.410 e. The molecule has 0 N–H and O–H groups in total. The van der Waals surface area contributed by atoms with Crippen LogP contribution in [0.4, 0.5) is 14.9 Å². The Morgan fingerprint density at radius 1 is 1.50 bits per heavy atom. The van der Waals surface area contributed by atoms with Crippen molar-refractivity contribution in [3.8, 4) is 0 Å². The summed E-state index contributed by atoms with van der Waals surface area (Å²) in [6.07, 6.45) is 4.94. The predicted octanol–water partition coefficient (Wildman–Crippen LogP) is 4.18. The van der Waals surface area contributed by atoms with Crippen molar-refractivity contribution >= 4 is 18.0 Å². The van der Waals surface area contributed by atoms with Gasteiger partial charge < -0.3 is 14.4 Å². The number of aryl methyl sites for hydroxylation is 1. The third-order valence-corrected chi connectivity index (χ3v) is 5.09. The molecule has 0 saturated carbocycles. The van der Waals surface area contributed by atoms with E-state index in [1.54, 1.807) is 29.4 Å². The number of aliphatic imine (C=N–C) groups is 1. The van der Waals surface area contributed by atoms with Gasteiger partial charge in [-0.1, -0.05) is 26.0 Å². The van der Waals surface area contributed by atoms with Gasteiger partial charge in [-0.05, 0) is 25.0 Å². The van der Waals surface area contributed by atoms with Crippen LogP contribution in [0.15, 0.2) is 35.7 Å². The summed E-state index contributed by atoms with van der Waals surface area (Å²) in [4.78, 5) is 26.9. The third kappa shape index (κ3) is 5.60. The Balaban J connectivity index is 1.58. The van der Waals surface area contributed by atoms with Gasteiger partial charge in [-0.15, -0.1) is 0 Å². The second-order valence-electron chi connectivity index (χ2n) is 7.39. The summed E-state index contributed by atoms with van der Waals surface area (Å²) < 4.78 is 24.9. The van der Waals surface area contributed by atoms with Crippen molar-refractivity contribution in [3.63, 3.8) is 0 Å². The summed E-state index contributed by atoms with van der Waals surface area (Å²) in [6, 6.07) is 4.84. The molecule has 30 heavy (non-hydrogen) atoms. The number of carbonyl (C=O) groups excluding carboxylic acids is 1. The molecule has 2 atom stereocenters. The summed E-state index contributed by atoms with van der Waals surface area (Å²) in [5.74, 6) is -0.113. The highest BCUT2D eigenvalue weighted by molar-refractivity contribution is 5.72. The Kier molecular flexibility index (Phi) is 7.46. The molecule has 0 bridgehead atoms. The van der Waals surface area contributed by atoms with Gasteiger partial charge in [0.2, 0.25) is 0 Å². The number of aromatic nitrogens is 2. The molecule has 0 radical (unpaired) electrons. The van der Waals surface area contributed by atoms with Crippen molar-refractivity contribution in [1.82, 2.24) is 14.9 Å². The number of ether oxygens (including phenoxy) is 2. The first-order valence-corrected chi connectivity index (χ1v) is 10.1. The highest BCUT2D eigenvalue weighted by atomic mass is 19.1. The number of benzene rings is 1. The van der Waals surface area contributed by atoms with Gasteiger partial charge in [0, 0.05) is 24.2 Å². The van der Waals surface area contributed by atoms with Crippen molar-refractivity contribution in [3.05, 3.63) is 53.4 Å². The van der Waals surface area contributed by atoms with Crippen LogP contribution in [-0.4, -0.2) is 53.0 Å². The average Bonchev–Trinajstić information content (AvgIpc) is 2.76. The highest BCUT2D eigenvalue weighted by Gasteiger charge is 2.24. The standard InChI is InChI=1S/C22H27FN4O3/c1-4-16(3)21-20(11-24-14-26-21)25-10-18-12-27(7-8-29-18)22(28)30-13-17-6-5-15(2)9-19(17)23/h5-6,9-11,14,16,18H,4,7-8,12-13H2,1-3H3/t16?,18-/m1/s1. The first-order chi connectivity index (χ1) is 14.5. The molecule has 8 heteroatoms. The van der Waals surface area contributed by atoms with Gasteiger partial charge in [0.1, 0.15) is 30.5 Å². The third-order valence-electron chi connectivity index (χ3n) is 5.09. The van der Waals surface area contributed by atoms with Crippen LogP contribution < -0.4 is 0 Å². The fourth-order valence-electron chi connectivity index (χ4n) is 3.10. The minimum atomic E-state index is -0.500. The first kappa shape index (κ1) is 21.8. The molecule has 1 aliphatic rings. The molecule has 0 aliphatic carbocycles. The van der Waals surface area contributed by atoms with E-state index in [1.807, 2.05) is 6.92 Å². The minimum absolute atomic E-state index is 0.110. The van der Waals surface area contributed by atoms with E-state index in [2.05, 4.69) is 28.8 Å². The van der Waals surface area contributed by atoms with Crippen LogP contribution in [0.5, 0.6) is 0 Å². The zero-order chi connectivity index (χ0) is 21.5. The molecule has 1 amide bonds. The summed E-state index contributed by atoms with van der Waals surface area (Å²) in [6.45, 7) is 6.97. The lowest BCUT2D eigenvalue weighted by Gasteiger charge is -2.30. The molecule has 1 unspecified atom stereocenters. The molecule has 1 aliphatic heterocycles. The molecule has 1 aromatic heterocycles. The van der Waals surface area contributed by atoms with Gasteiger partial charge >= 0.3 is 6.09 Å². The topological polar surface area (TPSA) is 76.9 Å². The fraction of sp³-hybridized carbons (Fsp3) is 0.455. The van der Waals surface area contributed by atoms with Gasteiger partial charge in [0.15, 0.2) is 0 Å². The van der Waals surface area contributed by atoms with E-state index in [4.69, 9.17) is 9.47 Å². The molecule has 2 heterocycles. The van der Waals surface area contributed by atoms with Gasteiger partial charge in [0.25, 0.3) is 0 Å². The van der Waals surface area contributed by atoms with Crippen LogP contribution in [0.25, 0.3) is 0 Å². The van der Waals surface area contributed by atoms with Crippen LogP contribution in [0, 0.1) is 12.7 Å². The zero-order valence-corrected chi connectivity index (χ0v) is 17.5. The first-order valence-electron chi connectivity index (χ1n) is 10.1. The van der Waals surface area contributed by atoms with Gasteiger partial charge in [-0.25, -0.2) is 19.2 Å². The number of carbonyl (C=O) groups is 1. The molecule has 160 valence electrons. The number of hydrogen-bond donors (Lipinski definition) is 0. The van der Waals surface area contributed by atoms with Gasteiger partial charge in [-0.2, -0.15) is 0 Å². The van der Waals surface area contributed by atoms with Crippen molar-refractivity contribution in [2.45, 2.75) is 45.8 Å². The molecule has 7 nitrogen and oxygen atoms in total. The molecule has 0 spiro atoms. The molecule has 2 aromatic rings. The van der Waals surface area contributed by atoms with Crippen LogP contribution in [-0.2, 0) is 16.1 Å². The van der Waals surface area contributed by atoms with Gasteiger partial charge in [0.05, 0.1) is 25.0 Å². The Morgan fingerprint density at radius 3 is 3.10 bits per heavy atom. The maximum atomic E-state index is 13.9. The SMILES string of the molecule is CCC(C)c1ncncc1N=C[C@@H]1CN(C(=O)OCc2ccc(C)cc2F)CCO1. The highest BCUT2D eigenvalue weighted by Crippen LogP contribution is 2.25. The maximum absolute atomic E-state index is 13.9. The average molecular weight is 414 g/mol. The lowest BCUT2D eigenvalue weighted by atomic mass is 10.0. The van der Waals surface area contributed by atoms with Crippen molar-refractivity contribution in [2.75, 3.05) is 19.7 Å². The number of rotatable bonds is 6. The normalized spacial score (nSPS) is 17.9. The van der Waals surface area contributed by atoms with E-state index in [9.17, 15) is 9.18 Å². The van der Waals surface area contributed by atoms with Crippen molar-refractivity contribution < 1.29 is 18.7 Å².